The second-order valence-electron chi connectivity index (χ2n) is 4.68. The van der Waals surface area contributed by atoms with Gasteiger partial charge in [0, 0.05) is 8.95 Å². The molecule has 19 heavy (non-hydrogen) atoms. The van der Waals surface area contributed by atoms with Crippen molar-refractivity contribution in [1.29, 1.82) is 0 Å². The average molecular weight is 614 g/mol. The summed E-state index contributed by atoms with van der Waals surface area (Å²) < 4.78 is 5.08. The van der Waals surface area contributed by atoms with Gasteiger partial charge in [-0.2, -0.15) is 0 Å². The number of alkyl halides is 2. The van der Waals surface area contributed by atoms with E-state index >= 15 is 0 Å². The molecule has 108 valence electrons. The van der Waals surface area contributed by atoms with E-state index in [9.17, 15) is 0 Å². The van der Waals surface area contributed by atoms with Crippen molar-refractivity contribution in [2.45, 2.75) is 44.9 Å². The van der Waals surface area contributed by atoms with Gasteiger partial charge >= 0.3 is 0 Å². The first kappa shape index (κ1) is 18.7. The van der Waals surface area contributed by atoms with Gasteiger partial charge in [-0.1, -0.05) is 89.9 Å². The molecule has 0 N–H and O–H groups in total. The molecule has 0 aliphatic carbocycles. The van der Waals surface area contributed by atoms with Crippen molar-refractivity contribution in [3.63, 3.8) is 0 Å². The lowest BCUT2D eigenvalue weighted by atomic mass is 10.0. The van der Waals surface area contributed by atoms with Crippen molar-refractivity contribution in [1.82, 2.24) is 0 Å². The molecule has 0 fully saturated rings. The van der Waals surface area contributed by atoms with Crippen LogP contribution in [0.5, 0.6) is 0 Å². The van der Waals surface area contributed by atoms with Crippen LogP contribution in [0, 0.1) is 0 Å². The molecule has 0 aliphatic heterocycles. The number of halogens is 4. The lowest BCUT2D eigenvalue weighted by molar-refractivity contribution is 0.672. The number of benzene rings is 1. The van der Waals surface area contributed by atoms with Crippen LogP contribution in [0.2, 0.25) is 0 Å². The Hall–Kier alpha value is 1.64. The predicted octanol–water partition coefficient (Wildman–Crippen LogP) is 7.12. The third kappa shape index (κ3) is 7.45. The van der Waals surface area contributed by atoms with Crippen molar-refractivity contribution >= 4 is 77.0 Å². The molecule has 0 radical (unpaired) electrons. The Balaban J connectivity index is 2.52. The number of aryl methyl sites for hydroxylation is 2. The second-order valence-corrected chi connectivity index (χ2v) is 8.55. The van der Waals surface area contributed by atoms with Crippen molar-refractivity contribution < 1.29 is 0 Å². The molecule has 1 rings (SSSR count). The van der Waals surface area contributed by atoms with E-state index < -0.39 is 0 Å². The van der Waals surface area contributed by atoms with E-state index in [4.69, 9.17) is 0 Å². The first-order valence-corrected chi connectivity index (χ1v) is 11.4. The van der Waals surface area contributed by atoms with Gasteiger partial charge in [-0.15, -0.1) is 0 Å². The number of rotatable bonds is 9. The van der Waals surface area contributed by atoms with E-state index in [1.54, 1.807) is 0 Å². The Morgan fingerprint density at radius 2 is 1.16 bits per heavy atom. The number of hydrogen-bond acceptors (Lipinski definition) is 0. The summed E-state index contributed by atoms with van der Waals surface area (Å²) in [5.41, 5.74) is 2.87. The molecule has 0 unspecified atom stereocenters. The van der Waals surface area contributed by atoms with Gasteiger partial charge in [0.15, 0.2) is 0 Å². The Bertz CT molecular complexity index is 381. The summed E-state index contributed by atoms with van der Waals surface area (Å²) in [5, 5.41) is 0. The largest absolute Gasteiger partial charge is 0.0864 e. The molecule has 0 saturated heterocycles. The van der Waals surface area contributed by atoms with Crippen LogP contribution >= 0.6 is 77.0 Å². The van der Waals surface area contributed by atoms with E-state index in [0.29, 0.717) is 0 Å². The SMILES string of the molecule is Brc1cc(CCCCCCI)c(Br)cc1CCCI. The highest BCUT2D eigenvalue weighted by atomic mass is 127. The number of unbranched alkanes of at least 4 members (excludes halogenated alkanes) is 3. The minimum atomic E-state index is 1.16. The van der Waals surface area contributed by atoms with Crippen LogP contribution in [0.15, 0.2) is 21.1 Å². The fourth-order valence-electron chi connectivity index (χ4n) is 2.03. The van der Waals surface area contributed by atoms with Crippen LogP contribution in [-0.4, -0.2) is 8.86 Å². The summed E-state index contributed by atoms with van der Waals surface area (Å²) in [5.74, 6) is 0. The van der Waals surface area contributed by atoms with Crippen LogP contribution in [0.3, 0.4) is 0 Å². The molecule has 0 aliphatic rings. The summed E-state index contributed by atoms with van der Waals surface area (Å²) in [6.07, 6.45) is 8.99. The molecular weight excluding hydrogens is 594 g/mol. The van der Waals surface area contributed by atoms with E-state index in [-0.39, 0.29) is 0 Å². The highest BCUT2D eigenvalue weighted by Crippen LogP contribution is 2.28. The van der Waals surface area contributed by atoms with E-state index in [1.807, 2.05) is 0 Å². The van der Waals surface area contributed by atoms with Gasteiger partial charge in [0.25, 0.3) is 0 Å². The zero-order valence-corrected chi connectivity index (χ0v) is 18.5. The van der Waals surface area contributed by atoms with Crippen LogP contribution in [-0.2, 0) is 12.8 Å². The lowest BCUT2D eigenvalue weighted by Crippen LogP contribution is -1.94. The van der Waals surface area contributed by atoms with E-state index in [2.05, 4.69) is 89.2 Å². The van der Waals surface area contributed by atoms with E-state index in [1.165, 1.54) is 67.5 Å². The molecule has 0 bridgehead atoms. The maximum atomic E-state index is 3.73. The molecular formula is C15H20Br2I2. The maximum Gasteiger partial charge on any atom is 0.0210 e. The molecule has 4 heteroatoms. The van der Waals surface area contributed by atoms with Crippen LogP contribution < -0.4 is 0 Å². The van der Waals surface area contributed by atoms with Gasteiger partial charge in [-0.25, -0.2) is 0 Å². The molecule has 0 saturated carbocycles. The van der Waals surface area contributed by atoms with Crippen LogP contribution in [0.25, 0.3) is 0 Å². The molecule has 0 nitrogen and oxygen atoms in total. The molecule has 0 aromatic heterocycles. The zero-order valence-electron chi connectivity index (χ0n) is 11.0. The van der Waals surface area contributed by atoms with Crippen LogP contribution in [0.4, 0.5) is 0 Å². The Kier molecular flexibility index (Phi) is 11.1. The predicted molar refractivity (Wildman–Crippen MR) is 110 cm³/mol. The summed E-state index contributed by atoms with van der Waals surface area (Å²) in [6, 6.07) is 4.61. The summed E-state index contributed by atoms with van der Waals surface area (Å²) in [7, 11) is 0. The molecule has 0 atom stereocenters. The Morgan fingerprint density at radius 1 is 0.684 bits per heavy atom. The molecule has 0 heterocycles. The summed E-state index contributed by atoms with van der Waals surface area (Å²) in [4.78, 5) is 0. The molecule has 1 aromatic carbocycles. The van der Waals surface area contributed by atoms with Gasteiger partial charge in [-0.3, -0.25) is 0 Å². The normalized spacial score (nSPS) is 10.9. The third-order valence-corrected chi connectivity index (χ3v) is 6.13. The van der Waals surface area contributed by atoms with Gasteiger partial charge in [0.2, 0.25) is 0 Å². The summed E-state index contributed by atoms with van der Waals surface area (Å²) in [6.45, 7) is 0. The first-order valence-electron chi connectivity index (χ1n) is 6.77. The first-order chi connectivity index (χ1) is 9.19. The minimum absolute atomic E-state index is 1.16. The fourth-order valence-corrected chi connectivity index (χ4v) is 4.13. The fraction of sp³-hybridized carbons (Fsp3) is 0.600. The van der Waals surface area contributed by atoms with Crippen molar-refractivity contribution in [2.24, 2.45) is 0 Å². The Labute approximate surface area is 161 Å². The van der Waals surface area contributed by atoms with Crippen LogP contribution in [0.1, 0.15) is 43.2 Å². The maximum absolute atomic E-state index is 3.73. The second kappa shape index (κ2) is 11.2. The molecule has 0 spiro atoms. The average Bonchev–Trinajstić information content (AvgIpc) is 2.40. The smallest absolute Gasteiger partial charge is 0.0210 e. The van der Waals surface area contributed by atoms with Crippen molar-refractivity contribution in [2.75, 3.05) is 8.86 Å². The van der Waals surface area contributed by atoms with Crippen molar-refractivity contribution in [3.8, 4) is 0 Å². The lowest BCUT2D eigenvalue weighted by Gasteiger charge is -2.10. The Morgan fingerprint density at radius 3 is 1.68 bits per heavy atom. The minimum Gasteiger partial charge on any atom is -0.0864 e. The molecule has 1 aromatic rings. The molecule has 0 amide bonds. The van der Waals surface area contributed by atoms with Gasteiger partial charge in [0.05, 0.1) is 0 Å². The van der Waals surface area contributed by atoms with Gasteiger partial charge in [-0.05, 0) is 64.2 Å². The highest BCUT2D eigenvalue weighted by molar-refractivity contribution is 14.1. The highest BCUT2D eigenvalue weighted by Gasteiger charge is 2.06. The number of hydrogen-bond donors (Lipinski definition) is 0. The topological polar surface area (TPSA) is 0 Å². The van der Waals surface area contributed by atoms with Gasteiger partial charge < -0.3 is 0 Å². The van der Waals surface area contributed by atoms with E-state index in [0.717, 1.165) is 6.42 Å². The quantitative estimate of drug-likeness (QED) is 0.158. The van der Waals surface area contributed by atoms with Crippen molar-refractivity contribution in [3.05, 3.63) is 32.2 Å². The van der Waals surface area contributed by atoms with Gasteiger partial charge in [0.1, 0.15) is 0 Å². The standard InChI is InChI=1S/C15H20Br2I2/c16-14-11-13(7-5-9-19)15(17)10-12(14)6-3-1-2-4-8-18/h10-11H,1-9H2. The monoisotopic (exact) mass is 612 g/mol. The third-order valence-electron chi connectivity index (χ3n) is 3.12. The zero-order chi connectivity index (χ0) is 14.1. The summed E-state index contributed by atoms with van der Waals surface area (Å²) >= 11 is 12.4.